The third-order valence-electron chi connectivity index (χ3n) is 21.2. The third kappa shape index (κ3) is 8.50. The lowest BCUT2D eigenvalue weighted by molar-refractivity contribution is 0.0940. The zero-order valence-electron chi connectivity index (χ0n) is 56.0. The van der Waals surface area contributed by atoms with E-state index in [1.54, 1.807) is 0 Å². The van der Waals surface area contributed by atoms with Gasteiger partial charge in [0.1, 0.15) is 22.8 Å². The van der Waals surface area contributed by atoms with Gasteiger partial charge in [0.25, 0.3) is 11.8 Å². The molecule has 0 unspecified atom stereocenters. The van der Waals surface area contributed by atoms with Gasteiger partial charge in [0.2, 0.25) is 5.95 Å². The van der Waals surface area contributed by atoms with Crippen molar-refractivity contribution >= 4 is 99.4 Å². The first-order chi connectivity index (χ1) is 50.4. The monoisotopic (exact) mass is 1330 g/mol. The molecule has 0 fully saturated rings. The van der Waals surface area contributed by atoms with Crippen LogP contribution in [0.2, 0.25) is 0 Å². The highest BCUT2D eigenvalue weighted by Crippen LogP contribution is 2.47. The topological polar surface area (TPSA) is 170 Å². The molecule has 15 heteroatoms. The van der Waals surface area contributed by atoms with Gasteiger partial charge in [-0.1, -0.05) is 182 Å². The van der Waals surface area contributed by atoms with E-state index in [1.165, 1.54) is 0 Å². The Morgan fingerprint density at radius 3 is 1.39 bits per heavy atom. The minimum absolute atomic E-state index is 0.0694. The first-order valence-corrected chi connectivity index (χ1v) is 34.4. The SMILES string of the molecule is CC1(C)c2ccccc2C(=O)n2c1nc1c3c4ccccc4n(-c4cccc(-c5nc(-c6ccccc6)nc(-c6ccc(-c7ccc8c(c7)C(C)(C)c7nc9c%10c%11ccccc%11n(-c%11nc(-c%12ccccc%12)nc(-c%12ccc%13c(c%12)oc%12ccccc%12%13)n%11)c%10ccc9n7C8=O)cc6)n5)c4)c3ccc12. The molecule has 486 valence electrons. The molecule has 0 N–H and O–H groups in total. The van der Waals surface area contributed by atoms with Gasteiger partial charge in [-0.05, 0) is 135 Å². The van der Waals surface area contributed by atoms with Gasteiger partial charge in [-0.3, -0.25) is 23.3 Å². The van der Waals surface area contributed by atoms with E-state index in [0.717, 1.165) is 138 Å². The van der Waals surface area contributed by atoms with Crippen molar-refractivity contribution in [3.8, 4) is 79.7 Å². The number of nitrogens with zero attached hydrogens (tertiary/aromatic N) is 12. The van der Waals surface area contributed by atoms with Crippen molar-refractivity contribution in [3.63, 3.8) is 0 Å². The fourth-order valence-electron chi connectivity index (χ4n) is 16.2. The van der Waals surface area contributed by atoms with Gasteiger partial charge in [0, 0.05) is 87.8 Å². The largest absolute Gasteiger partial charge is 0.456 e. The molecule has 2 aliphatic rings. The molecule has 0 aliphatic carbocycles. The lowest BCUT2D eigenvalue weighted by atomic mass is 9.77. The summed E-state index contributed by atoms with van der Waals surface area (Å²) in [5.74, 6) is 4.20. The molecule has 0 saturated carbocycles. The summed E-state index contributed by atoms with van der Waals surface area (Å²) < 4.78 is 14.3. The van der Waals surface area contributed by atoms with Crippen LogP contribution < -0.4 is 0 Å². The van der Waals surface area contributed by atoms with Crippen LogP contribution >= 0.6 is 0 Å². The first-order valence-electron chi connectivity index (χ1n) is 34.4. The molecule has 0 bridgehead atoms. The molecule has 103 heavy (non-hydrogen) atoms. The van der Waals surface area contributed by atoms with Crippen molar-refractivity contribution in [1.29, 1.82) is 0 Å². The Labute approximate surface area is 587 Å². The van der Waals surface area contributed by atoms with E-state index in [2.05, 4.69) is 140 Å². The normalized spacial score (nSPS) is 13.8. The molecule has 0 spiro atoms. The quantitative estimate of drug-likeness (QED) is 0.142. The number of hydrogen-bond donors (Lipinski definition) is 0. The van der Waals surface area contributed by atoms with Crippen LogP contribution in [-0.2, 0) is 10.8 Å². The summed E-state index contributed by atoms with van der Waals surface area (Å²) in [4.78, 5) is 71.7. The van der Waals surface area contributed by atoms with Crippen LogP contribution in [0.4, 0.5) is 0 Å². The maximum Gasteiger partial charge on any atom is 0.264 e. The van der Waals surface area contributed by atoms with E-state index >= 15 is 4.79 Å². The summed E-state index contributed by atoms with van der Waals surface area (Å²) in [6.07, 6.45) is 0. The molecule has 21 rings (SSSR count). The number of carbonyl (C=O) groups excluding carboxylic acids is 2. The standard InChI is InChI=1S/C88H56N12O3/c1-87(2)63-30-15-11-27-59(63)82(101)99-69-44-42-67-73(75(69)89-84(87)99)61-28-12-16-31-65(61)97(67)56-25-19-24-54(46-56)80-92-77(50-20-7-5-8-21-50)91-78(93-80)52-36-34-49(35-37-52)53-38-41-60-64(47-53)88(3,4)85-90-76-70(100(85)83(60)102)45-43-68-74(76)62-29-13-17-32-66(62)98(68)86-95-79(51-22-9-6-10-23-51)94-81(96-86)55-39-40-58-57-26-14-18-33-71(57)103-72(58)48-55/h5-48H,1-4H3. The van der Waals surface area contributed by atoms with E-state index in [1.807, 2.05) is 173 Å². The highest BCUT2D eigenvalue weighted by atomic mass is 16.3. The van der Waals surface area contributed by atoms with Gasteiger partial charge in [-0.15, -0.1) is 0 Å². The molecule has 2 aliphatic heterocycles. The highest BCUT2D eigenvalue weighted by Gasteiger charge is 2.42. The van der Waals surface area contributed by atoms with Crippen LogP contribution in [-0.4, -0.2) is 70.0 Å². The fraction of sp³-hybridized carbons (Fsp3) is 0.0682. The van der Waals surface area contributed by atoms with Crippen LogP contribution in [0.25, 0.3) is 167 Å². The lowest BCUT2D eigenvalue weighted by Gasteiger charge is -2.32. The van der Waals surface area contributed by atoms with Gasteiger partial charge >= 0.3 is 0 Å². The summed E-state index contributed by atoms with van der Waals surface area (Å²) in [6, 6.07) is 89.6. The maximum absolute atomic E-state index is 15.2. The zero-order chi connectivity index (χ0) is 68.7. The predicted molar refractivity (Wildman–Crippen MR) is 405 cm³/mol. The molecule has 0 saturated heterocycles. The van der Waals surface area contributed by atoms with E-state index in [4.69, 9.17) is 44.3 Å². The van der Waals surface area contributed by atoms with Gasteiger partial charge in [0.15, 0.2) is 29.1 Å². The number of carbonyl (C=O) groups is 2. The van der Waals surface area contributed by atoms with E-state index in [-0.39, 0.29) is 11.8 Å². The van der Waals surface area contributed by atoms with Crippen LogP contribution in [0.5, 0.6) is 0 Å². The Bertz CT molecular complexity index is 6910. The summed E-state index contributed by atoms with van der Waals surface area (Å²) in [5.41, 5.74) is 17.1. The number of benzene rings is 12. The summed E-state index contributed by atoms with van der Waals surface area (Å²) in [5, 5.41) is 5.90. The van der Waals surface area contributed by atoms with Crippen molar-refractivity contribution in [3.05, 3.63) is 301 Å². The first kappa shape index (κ1) is 58.3. The van der Waals surface area contributed by atoms with Crippen molar-refractivity contribution in [2.75, 3.05) is 0 Å². The molecule has 9 heterocycles. The van der Waals surface area contributed by atoms with Gasteiger partial charge < -0.3 is 8.98 Å². The Morgan fingerprint density at radius 1 is 0.291 bits per heavy atom. The molecule has 15 nitrogen and oxygen atoms in total. The van der Waals surface area contributed by atoms with Crippen molar-refractivity contribution < 1.29 is 14.0 Å². The summed E-state index contributed by atoms with van der Waals surface area (Å²) in [7, 11) is 0. The Hall–Kier alpha value is -13.7. The molecule has 12 aromatic carbocycles. The number of imidazole rings is 2. The lowest BCUT2D eigenvalue weighted by Crippen LogP contribution is -2.35. The van der Waals surface area contributed by atoms with Crippen LogP contribution in [0.3, 0.4) is 0 Å². The highest BCUT2D eigenvalue weighted by molar-refractivity contribution is 6.23. The number of furan rings is 1. The second-order valence-electron chi connectivity index (χ2n) is 27.8. The summed E-state index contributed by atoms with van der Waals surface area (Å²) in [6.45, 7) is 8.59. The molecule has 0 amide bonds. The van der Waals surface area contributed by atoms with Crippen LogP contribution in [0.15, 0.2) is 271 Å². The minimum atomic E-state index is -0.718. The second-order valence-corrected chi connectivity index (χ2v) is 27.8. The zero-order valence-corrected chi connectivity index (χ0v) is 56.0. The second kappa shape index (κ2) is 21.4. The molecule has 0 atom stereocenters. The fourth-order valence-corrected chi connectivity index (χ4v) is 16.2. The molecule has 19 aromatic rings. The molecule has 7 aromatic heterocycles. The molecular formula is C88H56N12O3. The van der Waals surface area contributed by atoms with Crippen LogP contribution in [0.1, 0.15) is 71.2 Å². The maximum atomic E-state index is 15.2. The molecular weight excluding hydrogens is 1270 g/mol. The average molecular weight is 1330 g/mol. The third-order valence-corrected chi connectivity index (χ3v) is 21.2. The Morgan fingerprint density at radius 2 is 0.738 bits per heavy atom. The predicted octanol–water partition coefficient (Wildman–Crippen LogP) is 19.5. The van der Waals surface area contributed by atoms with E-state index in [9.17, 15) is 4.79 Å². The van der Waals surface area contributed by atoms with E-state index in [0.29, 0.717) is 63.1 Å². The van der Waals surface area contributed by atoms with Crippen molar-refractivity contribution in [2.24, 2.45) is 0 Å². The smallest absolute Gasteiger partial charge is 0.264 e. The van der Waals surface area contributed by atoms with Gasteiger partial charge in [-0.25, -0.2) is 29.9 Å². The summed E-state index contributed by atoms with van der Waals surface area (Å²) >= 11 is 0. The van der Waals surface area contributed by atoms with E-state index < -0.39 is 10.8 Å². The molecule has 0 radical (unpaired) electrons. The Kier molecular flexibility index (Phi) is 12.1. The van der Waals surface area contributed by atoms with Gasteiger partial charge in [0.05, 0.1) is 44.1 Å². The van der Waals surface area contributed by atoms with Crippen molar-refractivity contribution in [1.82, 2.24) is 58.1 Å². The minimum Gasteiger partial charge on any atom is -0.456 e. The average Bonchev–Trinajstić information content (AvgIpc) is 1.55. The van der Waals surface area contributed by atoms with Crippen LogP contribution in [0, 0.1) is 0 Å². The number of rotatable bonds is 8. The number of hydrogen-bond acceptors (Lipinski definition) is 11. The number of fused-ring (bicyclic) bond motifs is 19. The number of para-hydroxylation sites is 3. The van der Waals surface area contributed by atoms with Gasteiger partial charge in [-0.2, -0.15) is 9.97 Å². The van der Waals surface area contributed by atoms with Crippen molar-refractivity contribution in [2.45, 2.75) is 38.5 Å². The Balaban J connectivity index is 0.633. The number of aromatic nitrogens is 12.